The first kappa shape index (κ1) is 20.0. The van der Waals surface area contributed by atoms with E-state index in [1.807, 2.05) is 81.4 Å². The molecule has 0 bridgehead atoms. The van der Waals surface area contributed by atoms with Crippen LogP contribution in [0.5, 0.6) is 0 Å². The molecule has 3 N–H and O–H groups in total. The van der Waals surface area contributed by atoms with Crippen molar-refractivity contribution >= 4 is 11.9 Å². The smallest absolute Gasteiger partial charge is 0.325 e. The maximum Gasteiger partial charge on any atom is 0.325 e. The zero-order valence-electron chi connectivity index (χ0n) is 16.5. The number of aliphatic hydroxyl groups is 1. The van der Waals surface area contributed by atoms with Crippen molar-refractivity contribution in [2.24, 2.45) is 0 Å². The molecule has 3 amide bonds. The molecular weight excluding hydrogens is 354 g/mol. The summed E-state index contributed by atoms with van der Waals surface area (Å²) in [6.07, 6.45) is -0.865. The first-order chi connectivity index (χ1) is 13.2. The molecule has 0 saturated carbocycles. The van der Waals surface area contributed by atoms with Crippen LogP contribution in [0.2, 0.25) is 0 Å². The zero-order chi connectivity index (χ0) is 20.4. The van der Waals surface area contributed by atoms with E-state index in [1.165, 1.54) is 0 Å². The van der Waals surface area contributed by atoms with Gasteiger partial charge < -0.3 is 15.7 Å². The van der Waals surface area contributed by atoms with Crippen LogP contribution in [0.3, 0.4) is 0 Å². The normalized spacial score (nSPS) is 17.5. The monoisotopic (exact) mass is 381 g/mol. The highest BCUT2D eigenvalue weighted by Crippen LogP contribution is 2.35. The highest BCUT2D eigenvalue weighted by molar-refractivity contribution is 6.09. The summed E-state index contributed by atoms with van der Waals surface area (Å²) in [4.78, 5) is 27.3. The van der Waals surface area contributed by atoms with E-state index in [0.29, 0.717) is 11.1 Å². The Bertz CT molecular complexity index is 792. The number of benzene rings is 2. The van der Waals surface area contributed by atoms with Crippen LogP contribution in [0, 0.1) is 0 Å². The topological polar surface area (TPSA) is 81.7 Å². The summed E-state index contributed by atoms with van der Waals surface area (Å²) in [6.45, 7) is 6.18. The molecule has 2 aromatic carbocycles. The van der Waals surface area contributed by atoms with Crippen molar-refractivity contribution in [1.82, 2.24) is 15.5 Å². The van der Waals surface area contributed by atoms with E-state index in [2.05, 4.69) is 10.6 Å². The molecule has 2 aromatic rings. The van der Waals surface area contributed by atoms with Crippen molar-refractivity contribution < 1.29 is 14.7 Å². The van der Waals surface area contributed by atoms with Gasteiger partial charge in [0.05, 0.1) is 12.6 Å². The van der Waals surface area contributed by atoms with E-state index in [4.69, 9.17) is 0 Å². The average molecular weight is 381 g/mol. The number of aliphatic hydroxyl groups excluding tert-OH is 1. The summed E-state index contributed by atoms with van der Waals surface area (Å²) in [5.74, 6) is -0.385. The largest absolute Gasteiger partial charge is 0.390 e. The van der Waals surface area contributed by atoms with Gasteiger partial charge in [0.1, 0.15) is 0 Å². The fourth-order valence-electron chi connectivity index (χ4n) is 3.38. The highest BCUT2D eigenvalue weighted by atomic mass is 16.3. The molecule has 3 rings (SSSR count). The van der Waals surface area contributed by atoms with Gasteiger partial charge in [-0.25, -0.2) is 4.79 Å². The molecule has 1 aliphatic heterocycles. The summed E-state index contributed by atoms with van der Waals surface area (Å²) < 4.78 is 0. The first-order valence-electron chi connectivity index (χ1n) is 9.42. The van der Waals surface area contributed by atoms with Gasteiger partial charge in [0.15, 0.2) is 5.54 Å². The summed E-state index contributed by atoms with van der Waals surface area (Å²) in [5.41, 5.74) is -0.0962. The Labute approximate surface area is 165 Å². The molecule has 1 heterocycles. The van der Waals surface area contributed by atoms with Crippen molar-refractivity contribution in [3.8, 4) is 0 Å². The third kappa shape index (κ3) is 3.93. The molecule has 1 fully saturated rings. The number of hydrogen-bond donors (Lipinski definition) is 3. The number of β-amino-alcohol motifs (C(OH)–C–C–N with tert-alkyl or cyclic N) is 1. The van der Waals surface area contributed by atoms with Crippen LogP contribution in [-0.4, -0.2) is 46.7 Å². The van der Waals surface area contributed by atoms with Gasteiger partial charge in [-0.2, -0.15) is 0 Å². The Morgan fingerprint density at radius 3 is 1.96 bits per heavy atom. The number of carbonyl (C=O) groups is 2. The molecule has 1 aliphatic rings. The number of nitrogens with one attached hydrogen (secondary N) is 2. The quantitative estimate of drug-likeness (QED) is 0.670. The molecule has 0 aliphatic carbocycles. The summed E-state index contributed by atoms with van der Waals surface area (Å²) in [6, 6.07) is 17.9. The Hall–Kier alpha value is -2.70. The molecule has 6 nitrogen and oxygen atoms in total. The predicted octanol–water partition coefficient (Wildman–Crippen LogP) is 2.23. The Balaban J connectivity index is 1.91. The van der Waals surface area contributed by atoms with Gasteiger partial charge in [0.2, 0.25) is 0 Å². The molecule has 1 atom stereocenters. The van der Waals surface area contributed by atoms with E-state index in [0.717, 1.165) is 4.90 Å². The predicted molar refractivity (Wildman–Crippen MR) is 108 cm³/mol. The van der Waals surface area contributed by atoms with E-state index in [-0.39, 0.29) is 24.5 Å². The maximum absolute atomic E-state index is 13.5. The van der Waals surface area contributed by atoms with Crippen molar-refractivity contribution in [2.75, 3.05) is 13.1 Å². The first-order valence-corrected chi connectivity index (χ1v) is 9.42. The molecule has 1 saturated heterocycles. The fourth-order valence-corrected chi connectivity index (χ4v) is 3.38. The average Bonchev–Trinajstić information content (AvgIpc) is 2.93. The summed E-state index contributed by atoms with van der Waals surface area (Å²) >= 11 is 0. The Morgan fingerprint density at radius 2 is 1.50 bits per heavy atom. The zero-order valence-corrected chi connectivity index (χ0v) is 16.5. The van der Waals surface area contributed by atoms with Gasteiger partial charge in [0.25, 0.3) is 5.91 Å². The SMILES string of the molecule is CC(C)(C)NCC(O)CN1C(=O)NC(c2ccccc2)(c2ccccc2)C1=O. The number of imide groups is 1. The van der Waals surface area contributed by atoms with Crippen molar-refractivity contribution in [1.29, 1.82) is 0 Å². The number of rotatable bonds is 6. The second kappa shape index (κ2) is 7.73. The minimum absolute atomic E-state index is 0.0742. The number of carbonyl (C=O) groups excluding carboxylic acids is 2. The molecule has 1 unspecified atom stereocenters. The second-order valence-corrected chi connectivity index (χ2v) is 8.11. The van der Waals surface area contributed by atoms with Crippen LogP contribution in [0.4, 0.5) is 4.79 Å². The minimum Gasteiger partial charge on any atom is -0.390 e. The standard InChI is InChI=1S/C22H27N3O3/c1-21(2,3)23-14-18(26)15-25-19(27)22(24-20(25)28,16-10-6-4-7-11-16)17-12-8-5-9-13-17/h4-13,18,23,26H,14-15H2,1-3H3,(H,24,28). The van der Waals surface area contributed by atoms with Crippen LogP contribution in [0.1, 0.15) is 31.9 Å². The van der Waals surface area contributed by atoms with Gasteiger partial charge in [-0.05, 0) is 31.9 Å². The van der Waals surface area contributed by atoms with Crippen LogP contribution < -0.4 is 10.6 Å². The number of nitrogens with zero attached hydrogens (tertiary/aromatic N) is 1. The van der Waals surface area contributed by atoms with E-state index < -0.39 is 17.7 Å². The lowest BCUT2D eigenvalue weighted by molar-refractivity contribution is -0.131. The van der Waals surface area contributed by atoms with Gasteiger partial charge in [-0.1, -0.05) is 60.7 Å². The van der Waals surface area contributed by atoms with E-state index in [1.54, 1.807) is 0 Å². The summed E-state index contributed by atoms with van der Waals surface area (Å²) in [7, 11) is 0. The molecule has 28 heavy (non-hydrogen) atoms. The third-order valence-corrected chi connectivity index (χ3v) is 4.78. The van der Waals surface area contributed by atoms with Gasteiger partial charge in [-0.15, -0.1) is 0 Å². The van der Waals surface area contributed by atoms with Gasteiger partial charge in [0, 0.05) is 12.1 Å². The van der Waals surface area contributed by atoms with Gasteiger partial charge >= 0.3 is 6.03 Å². The minimum atomic E-state index is -1.29. The lowest BCUT2D eigenvalue weighted by Gasteiger charge is -2.28. The Morgan fingerprint density at radius 1 is 1.00 bits per heavy atom. The molecule has 0 aromatic heterocycles. The van der Waals surface area contributed by atoms with Crippen LogP contribution in [0.25, 0.3) is 0 Å². The number of hydrogen-bond acceptors (Lipinski definition) is 4. The Kier molecular flexibility index (Phi) is 5.54. The number of urea groups is 1. The van der Waals surface area contributed by atoms with Crippen LogP contribution in [-0.2, 0) is 10.3 Å². The number of amides is 3. The lowest BCUT2D eigenvalue weighted by atomic mass is 9.82. The second-order valence-electron chi connectivity index (χ2n) is 8.11. The van der Waals surface area contributed by atoms with Crippen LogP contribution in [0.15, 0.2) is 60.7 Å². The van der Waals surface area contributed by atoms with E-state index >= 15 is 0 Å². The molecule has 0 spiro atoms. The molecule has 148 valence electrons. The molecule has 0 radical (unpaired) electrons. The van der Waals surface area contributed by atoms with Gasteiger partial charge in [-0.3, -0.25) is 9.69 Å². The van der Waals surface area contributed by atoms with E-state index in [9.17, 15) is 14.7 Å². The van der Waals surface area contributed by atoms with Crippen molar-refractivity contribution in [3.05, 3.63) is 71.8 Å². The maximum atomic E-state index is 13.5. The lowest BCUT2D eigenvalue weighted by Crippen LogP contribution is -2.47. The third-order valence-electron chi connectivity index (χ3n) is 4.78. The molecule has 6 heteroatoms. The summed E-state index contributed by atoms with van der Waals surface area (Å²) in [5, 5.41) is 16.5. The fraction of sp³-hybridized carbons (Fsp3) is 0.364. The van der Waals surface area contributed by atoms with Crippen molar-refractivity contribution in [3.63, 3.8) is 0 Å². The molecular formula is C22H27N3O3. The van der Waals surface area contributed by atoms with Crippen molar-refractivity contribution in [2.45, 2.75) is 38.0 Å². The van der Waals surface area contributed by atoms with Crippen LogP contribution >= 0.6 is 0 Å². The highest BCUT2D eigenvalue weighted by Gasteiger charge is 2.53.